The van der Waals surface area contributed by atoms with Crippen LogP contribution in [-0.4, -0.2) is 39.1 Å². The third-order valence-corrected chi connectivity index (χ3v) is 5.08. The summed E-state index contributed by atoms with van der Waals surface area (Å²) in [6.07, 6.45) is 9.28. The molecule has 2 aromatic heterocycles. The van der Waals surface area contributed by atoms with Gasteiger partial charge in [-0.25, -0.2) is 9.97 Å². The summed E-state index contributed by atoms with van der Waals surface area (Å²) in [5, 5.41) is 1.21. The molecule has 4 nitrogen and oxygen atoms in total. The maximum absolute atomic E-state index is 4.50. The molecule has 2 aliphatic rings. The van der Waals surface area contributed by atoms with Crippen LogP contribution in [0.2, 0.25) is 0 Å². The molecule has 1 aliphatic heterocycles. The normalized spacial score (nSPS) is 27.1. The molecule has 20 heavy (non-hydrogen) atoms. The highest BCUT2D eigenvalue weighted by Gasteiger charge is 2.29. The van der Waals surface area contributed by atoms with E-state index in [1.165, 1.54) is 50.7 Å². The molecule has 2 aromatic rings. The number of nitrogens with zero attached hydrogens (tertiary/aromatic N) is 4. The summed E-state index contributed by atoms with van der Waals surface area (Å²) < 4.78 is 2.39. The molecule has 106 valence electrons. The molecular weight excluding hydrogens is 248 g/mol. The number of aryl methyl sites for hydroxylation is 1. The van der Waals surface area contributed by atoms with Crippen molar-refractivity contribution in [1.29, 1.82) is 0 Å². The predicted octanol–water partition coefficient (Wildman–Crippen LogP) is 2.79. The number of hydrogen-bond acceptors (Lipinski definition) is 3. The lowest BCUT2D eigenvalue weighted by Crippen LogP contribution is -2.40. The Morgan fingerprint density at radius 3 is 2.95 bits per heavy atom. The number of aromatic nitrogens is 3. The van der Waals surface area contributed by atoms with Crippen LogP contribution in [0.5, 0.6) is 0 Å². The molecule has 0 spiro atoms. The quantitative estimate of drug-likeness (QED) is 0.860. The SMILES string of the molecule is Cc1ncnc2c1ccn2C1CCC(CN2CCC2)C1. The van der Waals surface area contributed by atoms with Crippen LogP contribution in [-0.2, 0) is 0 Å². The Kier molecular flexibility index (Phi) is 2.99. The summed E-state index contributed by atoms with van der Waals surface area (Å²) in [5.74, 6) is 0.876. The molecule has 3 heterocycles. The predicted molar refractivity (Wildman–Crippen MR) is 79.7 cm³/mol. The first-order valence-electron chi connectivity index (χ1n) is 7.82. The maximum atomic E-state index is 4.50. The van der Waals surface area contributed by atoms with Crippen molar-refractivity contribution >= 4 is 11.0 Å². The molecule has 1 saturated heterocycles. The van der Waals surface area contributed by atoms with Crippen molar-refractivity contribution in [3.63, 3.8) is 0 Å². The highest BCUT2D eigenvalue weighted by Crippen LogP contribution is 2.37. The van der Waals surface area contributed by atoms with Crippen molar-refractivity contribution < 1.29 is 0 Å². The van der Waals surface area contributed by atoms with Crippen molar-refractivity contribution in [2.75, 3.05) is 19.6 Å². The number of fused-ring (bicyclic) bond motifs is 1. The molecule has 0 bridgehead atoms. The zero-order valence-corrected chi connectivity index (χ0v) is 12.1. The third-order valence-electron chi connectivity index (χ3n) is 5.08. The van der Waals surface area contributed by atoms with Crippen LogP contribution >= 0.6 is 0 Å². The topological polar surface area (TPSA) is 34.0 Å². The second kappa shape index (κ2) is 4.85. The summed E-state index contributed by atoms with van der Waals surface area (Å²) in [6, 6.07) is 2.81. The van der Waals surface area contributed by atoms with Crippen molar-refractivity contribution in [2.24, 2.45) is 5.92 Å². The average Bonchev–Trinajstić information content (AvgIpc) is 3.00. The highest BCUT2D eigenvalue weighted by atomic mass is 15.2. The first-order valence-corrected chi connectivity index (χ1v) is 7.82. The van der Waals surface area contributed by atoms with Crippen LogP contribution < -0.4 is 0 Å². The van der Waals surface area contributed by atoms with E-state index in [-0.39, 0.29) is 0 Å². The average molecular weight is 270 g/mol. The van der Waals surface area contributed by atoms with Gasteiger partial charge in [0.15, 0.2) is 0 Å². The van der Waals surface area contributed by atoms with Gasteiger partial charge >= 0.3 is 0 Å². The molecule has 1 saturated carbocycles. The van der Waals surface area contributed by atoms with E-state index in [9.17, 15) is 0 Å². The summed E-state index contributed by atoms with van der Waals surface area (Å²) in [5.41, 5.74) is 2.20. The Morgan fingerprint density at radius 2 is 2.15 bits per heavy atom. The second-order valence-corrected chi connectivity index (χ2v) is 6.41. The molecule has 4 rings (SSSR count). The van der Waals surface area contributed by atoms with Crippen LogP contribution in [0.3, 0.4) is 0 Å². The van der Waals surface area contributed by atoms with E-state index in [0.717, 1.165) is 17.3 Å². The summed E-state index contributed by atoms with van der Waals surface area (Å²) in [7, 11) is 0. The minimum Gasteiger partial charge on any atom is -0.329 e. The Labute approximate surface area is 119 Å². The van der Waals surface area contributed by atoms with Gasteiger partial charge in [0.05, 0.1) is 5.69 Å². The van der Waals surface area contributed by atoms with Gasteiger partial charge in [-0.15, -0.1) is 0 Å². The van der Waals surface area contributed by atoms with Crippen LogP contribution in [0.4, 0.5) is 0 Å². The van der Waals surface area contributed by atoms with Gasteiger partial charge in [0.2, 0.25) is 0 Å². The van der Waals surface area contributed by atoms with Crippen molar-refractivity contribution in [3.05, 3.63) is 24.3 Å². The van der Waals surface area contributed by atoms with Gasteiger partial charge in [-0.05, 0) is 57.7 Å². The molecule has 0 N–H and O–H groups in total. The molecule has 2 atom stereocenters. The lowest BCUT2D eigenvalue weighted by Gasteiger charge is -2.33. The molecule has 1 aliphatic carbocycles. The number of hydrogen-bond donors (Lipinski definition) is 0. The Hall–Kier alpha value is -1.42. The van der Waals surface area contributed by atoms with Crippen LogP contribution in [0.15, 0.2) is 18.6 Å². The summed E-state index contributed by atoms with van der Waals surface area (Å²) in [6.45, 7) is 6.01. The van der Waals surface area contributed by atoms with Gasteiger partial charge in [-0.2, -0.15) is 0 Å². The Balaban J connectivity index is 1.53. The van der Waals surface area contributed by atoms with Crippen LogP contribution in [0, 0.1) is 12.8 Å². The van der Waals surface area contributed by atoms with Gasteiger partial charge < -0.3 is 9.47 Å². The fourth-order valence-electron chi connectivity index (χ4n) is 3.79. The Bertz CT molecular complexity index is 614. The van der Waals surface area contributed by atoms with Crippen LogP contribution in [0.1, 0.15) is 37.4 Å². The van der Waals surface area contributed by atoms with Gasteiger partial charge in [0, 0.05) is 24.2 Å². The van der Waals surface area contributed by atoms with Crippen molar-refractivity contribution in [3.8, 4) is 0 Å². The lowest BCUT2D eigenvalue weighted by atomic mass is 10.1. The smallest absolute Gasteiger partial charge is 0.143 e. The molecule has 0 amide bonds. The summed E-state index contributed by atoms with van der Waals surface area (Å²) in [4.78, 5) is 11.4. The Morgan fingerprint density at radius 1 is 1.25 bits per heavy atom. The summed E-state index contributed by atoms with van der Waals surface area (Å²) >= 11 is 0. The van der Waals surface area contributed by atoms with Gasteiger partial charge in [0.1, 0.15) is 12.0 Å². The van der Waals surface area contributed by atoms with E-state index in [0.29, 0.717) is 6.04 Å². The van der Waals surface area contributed by atoms with Gasteiger partial charge in [-0.3, -0.25) is 0 Å². The molecular formula is C16H22N4. The van der Waals surface area contributed by atoms with Crippen molar-refractivity contribution in [2.45, 2.75) is 38.6 Å². The molecule has 2 fully saturated rings. The number of likely N-dealkylation sites (tertiary alicyclic amines) is 1. The molecule has 0 aromatic carbocycles. The standard InChI is InChI=1S/C16H22N4/c1-12-15-5-8-20(16(15)18-11-17-12)14-4-3-13(9-14)10-19-6-2-7-19/h5,8,11,13-14H,2-4,6-7,9-10H2,1H3. The first kappa shape index (κ1) is 12.3. The molecule has 2 unspecified atom stereocenters. The molecule has 4 heteroatoms. The van der Waals surface area contributed by atoms with Gasteiger partial charge in [-0.1, -0.05) is 0 Å². The minimum atomic E-state index is 0.632. The van der Waals surface area contributed by atoms with E-state index in [2.05, 4.69) is 38.6 Å². The van der Waals surface area contributed by atoms with Crippen LogP contribution in [0.25, 0.3) is 11.0 Å². The van der Waals surface area contributed by atoms with Gasteiger partial charge in [0.25, 0.3) is 0 Å². The third kappa shape index (κ3) is 2.03. The zero-order valence-electron chi connectivity index (χ0n) is 12.1. The van der Waals surface area contributed by atoms with Crippen molar-refractivity contribution in [1.82, 2.24) is 19.4 Å². The molecule has 0 radical (unpaired) electrons. The maximum Gasteiger partial charge on any atom is 0.143 e. The zero-order chi connectivity index (χ0) is 13.5. The van der Waals surface area contributed by atoms with E-state index in [1.54, 1.807) is 6.33 Å². The van der Waals surface area contributed by atoms with E-state index >= 15 is 0 Å². The first-order chi connectivity index (χ1) is 9.81. The fourth-order valence-corrected chi connectivity index (χ4v) is 3.79. The van der Waals surface area contributed by atoms with E-state index in [1.807, 2.05) is 0 Å². The monoisotopic (exact) mass is 270 g/mol. The van der Waals surface area contributed by atoms with E-state index < -0.39 is 0 Å². The number of rotatable bonds is 3. The highest BCUT2D eigenvalue weighted by molar-refractivity contribution is 5.78. The lowest BCUT2D eigenvalue weighted by molar-refractivity contribution is 0.152. The minimum absolute atomic E-state index is 0.632. The fraction of sp³-hybridized carbons (Fsp3) is 0.625. The van der Waals surface area contributed by atoms with E-state index in [4.69, 9.17) is 0 Å². The second-order valence-electron chi connectivity index (χ2n) is 6.41. The largest absolute Gasteiger partial charge is 0.329 e.